The van der Waals surface area contributed by atoms with E-state index < -0.39 is 17.9 Å². The van der Waals surface area contributed by atoms with Crippen molar-refractivity contribution in [2.45, 2.75) is 19.4 Å². The third-order valence-electron chi connectivity index (χ3n) is 5.17. The highest BCUT2D eigenvalue weighted by atomic mass is 35.5. The van der Waals surface area contributed by atoms with E-state index in [0.717, 1.165) is 11.1 Å². The fraction of sp³-hybridized carbons (Fsp3) is 0.160. The molecule has 4 rings (SSSR count). The Bertz CT molecular complexity index is 1270. The molecule has 1 saturated heterocycles. The van der Waals surface area contributed by atoms with Gasteiger partial charge in [0, 0.05) is 18.1 Å². The number of carbonyl (C=O) groups excluding carboxylic acids is 2. The number of nitrogens with one attached hydrogen (secondary N) is 1. The summed E-state index contributed by atoms with van der Waals surface area (Å²) in [5.74, 6) is 0.0255. The molecule has 2 aromatic carbocycles. The lowest BCUT2D eigenvalue weighted by molar-refractivity contribution is -0.150. The van der Waals surface area contributed by atoms with Gasteiger partial charge in [-0.2, -0.15) is 0 Å². The molecule has 1 amide bonds. The van der Waals surface area contributed by atoms with Crippen LogP contribution in [0.2, 0.25) is 10.0 Å². The molecule has 1 aliphatic rings. The van der Waals surface area contributed by atoms with Gasteiger partial charge in [0.05, 0.1) is 16.7 Å². The van der Waals surface area contributed by atoms with E-state index in [-0.39, 0.29) is 23.8 Å². The number of hydrogen-bond acceptors (Lipinski definition) is 5. The van der Waals surface area contributed by atoms with Crippen LogP contribution in [0, 0.1) is 0 Å². The minimum atomic E-state index is -0.899. The molecule has 6 nitrogen and oxygen atoms in total. The Hall–Kier alpha value is -3.13. The molecule has 0 spiro atoms. The van der Waals surface area contributed by atoms with E-state index in [2.05, 4.69) is 5.32 Å². The zero-order valence-corrected chi connectivity index (χ0v) is 20.4. The van der Waals surface area contributed by atoms with Crippen LogP contribution < -0.4 is 5.32 Å². The maximum Gasteiger partial charge on any atom is 0.329 e. The summed E-state index contributed by atoms with van der Waals surface area (Å²) in [5, 5.41) is 3.87. The highest BCUT2D eigenvalue weighted by Crippen LogP contribution is 2.30. The molecule has 0 saturated carbocycles. The summed E-state index contributed by atoms with van der Waals surface area (Å²) >= 11 is 17.5. The van der Waals surface area contributed by atoms with E-state index >= 15 is 0 Å². The Morgan fingerprint density at radius 1 is 1.15 bits per heavy atom. The molecule has 0 radical (unpaired) electrons. The van der Waals surface area contributed by atoms with Crippen molar-refractivity contribution < 1.29 is 18.7 Å². The van der Waals surface area contributed by atoms with Gasteiger partial charge in [0.25, 0.3) is 5.91 Å². The van der Waals surface area contributed by atoms with Gasteiger partial charge < -0.3 is 14.5 Å². The maximum absolute atomic E-state index is 13.2. The molecule has 0 bridgehead atoms. The number of halogens is 2. The lowest BCUT2D eigenvalue weighted by Gasteiger charge is -2.24. The van der Waals surface area contributed by atoms with Crippen molar-refractivity contribution >= 4 is 58.5 Å². The summed E-state index contributed by atoms with van der Waals surface area (Å²) in [6.45, 7) is 1.91. The predicted octanol–water partition coefficient (Wildman–Crippen LogP) is 5.49. The smallest absolute Gasteiger partial charge is 0.329 e. The third-order valence-corrected chi connectivity index (χ3v) is 6.21. The lowest BCUT2D eigenvalue weighted by Crippen LogP contribution is -2.47. The summed E-state index contributed by atoms with van der Waals surface area (Å²) in [5.41, 5.74) is 1.82. The number of carbonyl (C=O) groups is 2. The molecule has 34 heavy (non-hydrogen) atoms. The van der Waals surface area contributed by atoms with Crippen molar-refractivity contribution in [3.63, 3.8) is 0 Å². The van der Waals surface area contributed by atoms with Gasteiger partial charge in [0.1, 0.15) is 23.3 Å². The molecule has 1 N–H and O–H groups in total. The van der Waals surface area contributed by atoms with E-state index in [4.69, 9.17) is 44.6 Å². The zero-order valence-electron chi connectivity index (χ0n) is 18.1. The molecule has 3 aromatic rings. The van der Waals surface area contributed by atoms with Crippen LogP contribution in [0.5, 0.6) is 0 Å². The Morgan fingerprint density at radius 3 is 2.62 bits per heavy atom. The Morgan fingerprint density at radius 2 is 1.91 bits per heavy atom. The largest absolute Gasteiger partial charge is 0.464 e. The van der Waals surface area contributed by atoms with Gasteiger partial charge in [-0.3, -0.25) is 9.69 Å². The number of nitrogens with zero attached hydrogens (tertiary/aromatic N) is 1. The van der Waals surface area contributed by atoms with Crippen LogP contribution in [0.4, 0.5) is 0 Å². The van der Waals surface area contributed by atoms with Crippen LogP contribution in [0.15, 0.2) is 70.8 Å². The summed E-state index contributed by atoms with van der Waals surface area (Å²) in [7, 11) is 0. The predicted molar refractivity (Wildman–Crippen MR) is 135 cm³/mol. The van der Waals surface area contributed by atoms with Crippen LogP contribution in [-0.2, 0) is 20.7 Å². The number of rotatable bonds is 7. The van der Waals surface area contributed by atoms with Crippen LogP contribution in [-0.4, -0.2) is 34.5 Å². The molecule has 1 aliphatic heterocycles. The molecule has 1 atom stereocenters. The van der Waals surface area contributed by atoms with E-state index in [1.54, 1.807) is 43.3 Å². The number of ether oxygens (including phenoxy) is 1. The molecule has 174 valence electrons. The van der Waals surface area contributed by atoms with Crippen LogP contribution in [0.1, 0.15) is 18.2 Å². The topological polar surface area (TPSA) is 71.8 Å². The Labute approximate surface area is 212 Å². The van der Waals surface area contributed by atoms with Gasteiger partial charge >= 0.3 is 5.97 Å². The standard InChI is InChI=1S/C25H20Cl2N2O4S/c1-2-32-24(31)21(12-15-6-4-3-5-7-15)29-23(30)20(28-25(29)34)14-17-9-11-22(33-17)16-8-10-18(26)19(27)13-16/h3-11,13-14,21H,2,12H2,1H3,(H,28,34)/b20-14+. The first-order valence-corrected chi connectivity index (χ1v) is 11.7. The molecule has 1 aromatic heterocycles. The van der Waals surface area contributed by atoms with Crippen molar-refractivity contribution in [1.29, 1.82) is 0 Å². The van der Waals surface area contributed by atoms with Crippen molar-refractivity contribution in [2.75, 3.05) is 6.61 Å². The summed E-state index contributed by atoms with van der Waals surface area (Å²) in [6, 6.07) is 17.1. The molecule has 9 heteroatoms. The Kier molecular flexibility index (Phi) is 7.36. The molecular weight excluding hydrogens is 495 g/mol. The first-order chi connectivity index (χ1) is 16.4. The zero-order chi connectivity index (χ0) is 24.2. The average molecular weight is 515 g/mol. The normalized spacial score (nSPS) is 15.5. The minimum Gasteiger partial charge on any atom is -0.464 e. The van der Waals surface area contributed by atoms with Crippen molar-refractivity contribution in [3.05, 3.63) is 87.7 Å². The van der Waals surface area contributed by atoms with Gasteiger partial charge in [-0.1, -0.05) is 53.5 Å². The maximum atomic E-state index is 13.2. The van der Waals surface area contributed by atoms with Crippen LogP contribution in [0.25, 0.3) is 17.4 Å². The van der Waals surface area contributed by atoms with Gasteiger partial charge in [0.15, 0.2) is 5.11 Å². The summed E-state index contributed by atoms with van der Waals surface area (Å²) in [4.78, 5) is 27.2. The van der Waals surface area contributed by atoms with Crippen LogP contribution >= 0.6 is 35.4 Å². The summed E-state index contributed by atoms with van der Waals surface area (Å²) in [6.07, 6.45) is 1.81. The second kappa shape index (κ2) is 10.4. The monoisotopic (exact) mass is 514 g/mol. The highest BCUT2D eigenvalue weighted by molar-refractivity contribution is 7.80. The van der Waals surface area contributed by atoms with Crippen molar-refractivity contribution in [2.24, 2.45) is 0 Å². The molecule has 0 aliphatic carbocycles. The van der Waals surface area contributed by atoms with Crippen molar-refractivity contribution in [1.82, 2.24) is 10.2 Å². The van der Waals surface area contributed by atoms with E-state index in [1.807, 2.05) is 30.3 Å². The molecule has 2 heterocycles. The van der Waals surface area contributed by atoms with Gasteiger partial charge in [0.2, 0.25) is 0 Å². The third kappa shape index (κ3) is 5.17. The molecule has 1 fully saturated rings. The Balaban J connectivity index is 1.59. The average Bonchev–Trinajstić information content (AvgIpc) is 3.39. The van der Waals surface area contributed by atoms with E-state index in [0.29, 0.717) is 21.6 Å². The first-order valence-electron chi connectivity index (χ1n) is 10.5. The molecule has 1 unspecified atom stereocenters. The second-order valence-corrected chi connectivity index (χ2v) is 8.65. The first kappa shape index (κ1) is 24.0. The number of esters is 1. The van der Waals surface area contributed by atoms with E-state index in [9.17, 15) is 9.59 Å². The quantitative estimate of drug-likeness (QED) is 0.255. The van der Waals surface area contributed by atoms with Crippen LogP contribution in [0.3, 0.4) is 0 Å². The number of hydrogen-bond donors (Lipinski definition) is 1. The number of benzene rings is 2. The minimum absolute atomic E-state index is 0.126. The van der Waals surface area contributed by atoms with Gasteiger partial charge in [-0.15, -0.1) is 0 Å². The highest BCUT2D eigenvalue weighted by Gasteiger charge is 2.40. The van der Waals surface area contributed by atoms with Gasteiger partial charge in [-0.25, -0.2) is 4.79 Å². The second-order valence-electron chi connectivity index (χ2n) is 7.45. The number of amides is 1. The van der Waals surface area contributed by atoms with E-state index in [1.165, 1.54) is 4.90 Å². The fourth-order valence-corrected chi connectivity index (χ4v) is 4.18. The lowest BCUT2D eigenvalue weighted by atomic mass is 10.0. The van der Waals surface area contributed by atoms with Gasteiger partial charge in [-0.05, 0) is 55.0 Å². The number of thiocarbonyl (C=S) groups is 1. The summed E-state index contributed by atoms with van der Waals surface area (Å²) < 4.78 is 11.1. The number of furan rings is 1. The van der Waals surface area contributed by atoms with Crippen molar-refractivity contribution in [3.8, 4) is 11.3 Å². The fourth-order valence-electron chi connectivity index (χ4n) is 3.56. The SMILES string of the molecule is CCOC(=O)C(Cc1ccccc1)N1C(=O)/C(=C\c2ccc(-c3ccc(Cl)c(Cl)c3)o2)NC1=S. The molecular formula is C25H20Cl2N2O4S.